The van der Waals surface area contributed by atoms with Gasteiger partial charge in [-0.05, 0) is 25.9 Å². The smallest absolute Gasteiger partial charge is 0.0700 e. The first kappa shape index (κ1) is 15.9. The van der Waals surface area contributed by atoms with Gasteiger partial charge in [0.2, 0.25) is 0 Å². The van der Waals surface area contributed by atoms with Crippen LogP contribution in [0, 0.1) is 0 Å². The van der Waals surface area contributed by atoms with Crippen molar-refractivity contribution in [3.05, 3.63) is 0 Å². The first-order chi connectivity index (χ1) is 8.86. The molecule has 108 valence electrons. The van der Waals surface area contributed by atoms with Gasteiger partial charge in [-0.1, -0.05) is 0 Å². The highest BCUT2D eigenvalue weighted by atomic mass is 16.5. The number of aliphatic hydroxyl groups excluding tert-OH is 1. The molecule has 0 atom stereocenters. The molecule has 1 saturated heterocycles. The Morgan fingerprint density at radius 3 is 2.33 bits per heavy atom. The van der Waals surface area contributed by atoms with E-state index in [-0.39, 0.29) is 6.61 Å². The van der Waals surface area contributed by atoms with Crippen LogP contribution >= 0.6 is 0 Å². The van der Waals surface area contributed by atoms with Gasteiger partial charge in [0.25, 0.3) is 0 Å². The maximum atomic E-state index is 8.94. The molecule has 1 fully saturated rings. The van der Waals surface area contributed by atoms with E-state index < -0.39 is 0 Å². The van der Waals surface area contributed by atoms with Gasteiger partial charge in [-0.2, -0.15) is 0 Å². The molecule has 1 rings (SSSR count). The molecular formula is C13H28N2O3. The SMILES string of the molecule is COCCOCCCN1CCCN(CCO)CC1. The molecule has 0 radical (unpaired) electrons. The Morgan fingerprint density at radius 1 is 0.944 bits per heavy atom. The minimum atomic E-state index is 0.271. The topological polar surface area (TPSA) is 45.2 Å². The Kier molecular flexibility index (Phi) is 9.42. The number of hydrogen-bond donors (Lipinski definition) is 1. The van der Waals surface area contributed by atoms with Crippen molar-refractivity contribution in [1.29, 1.82) is 0 Å². The van der Waals surface area contributed by atoms with Crippen molar-refractivity contribution in [2.75, 3.05) is 72.8 Å². The molecule has 1 aliphatic rings. The molecule has 0 aromatic rings. The predicted octanol–water partition coefficient (Wildman–Crippen LogP) is 0.0395. The van der Waals surface area contributed by atoms with Gasteiger partial charge >= 0.3 is 0 Å². The fraction of sp³-hybridized carbons (Fsp3) is 1.00. The van der Waals surface area contributed by atoms with Crippen molar-refractivity contribution in [1.82, 2.24) is 9.80 Å². The van der Waals surface area contributed by atoms with E-state index in [4.69, 9.17) is 14.6 Å². The summed E-state index contributed by atoms with van der Waals surface area (Å²) in [7, 11) is 1.69. The summed E-state index contributed by atoms with van der Waals surface area (Å²) < 4.78 is 10.4. The van der Waals surface area contributed by atoms with Crippen molar-refractivity contribution in [2.24, 2.45) is 0 Å². The average molecular weight is 260 g/mol. The van der Waals surface area contributed by atoms with Gasteiger partial charge in [-0.15, -0.1) is 0 Å². The van der Waals surface area contributed by atoms with Gasteiger partial charge in [-0.25, -0.2) is 0 Å². The van der Waals surface area contributed by atoms with Crippen LogP contribution in [0.25, 0.3) is 0 Å². The van der Waals surface area contributed by atoms with Crippen LogP contribution in [0.5, 0.6) is 0 Å². The monoisotopic (exact) mass is 260 g/mol. The predicted molar refractivity (Wildman–Crippen MR) is 71.9 cm³/mol. The van der Waals surface area contributed by atoms with E-state index in [0.29, 0.717) is 13.2 Å². The van der Waals surface area contributed by atoms with Crippen LogP contribution in [0.4, 0.5) is 0 Å². The summed E-state index contributed by atoms with van der Waals surface area (Å²) in [5.41, 5.74) is 0. The number of aliphatic hydroxyl groups is 1. The van der Waals surface area contributed by atoms with Gasteiger partial charge in [0.05, 0.1) is 19.8 Å². The van der Waals surface area contributed by atoms with Crippen LogP contribution in [-0.2, 0) is 9.47 Å². The molecule has 1 aliphatic heterocycles. The zero-order valence-electron chi connectivity index (χ0n) is 11.6. The minimum Gasteiger partial charge on any atom is -0.395 e. The number of nitrogens with zero attached hydrogens (tertiary/aromatic N) is 2. The first-order valence-corrected chi connectivity index (χ1v) is 6.99. The largest absolute Gasteiger partial charge is 0.395 e. The number of methoxy groups -OCH3 is 1. The fourth-order valence-electron chi connectivity index (χ4n) is 2.25. The number of rotatable bonds is 9. The summed E-state index contributed by atoms with van der Waals surface area (Å²) in [4.78, 5) is 4.84. The second kappa shape index (κ2) is 10.7. The highest BCUT2D eigenvalue weighted by molar-refractivity contribution is 4.69. The van der Waals surface area contributed by atoms with E-state index in [1.54, 1.807) is 7.11 Å². The van der Waals surface area contributed by atoms with E-state index in [1.807, 2.05) is 0 Å². The summed E-state index contributed by atoms with van der Waals surface area (Å²) in [6, 6.07) is 0. The molecule has 0 aliphatic carbocycles. The molecule has 18 heavy (non-hydrogen) atoms. The number of β-amino-alcohol motifs (C(OH)–C–C–N with tert-alkyl or cyclic N) is 1. The quantitative estimate of drug-likeness (QED) is 0.593. The number of ether oxygens (including phenoxy) is 2. The molecule has 5 heteroatoms. The van der Waals surface area contributed by atoms with Crippen LogP contribution in [0.3, 0.4) is 0 Å². The molecule has 0 aromatic carbocycles. The van der Waals surface area contributed by atoms with E-state index in [2.05, 4.69) is 9.80 Å². The molecule has 1 N–H and O–H groups in total. The molecule has 1 heterocycles. The zero-order valence-corrected chi connectivity index (χ0v) is 11.6. The van der Waals surface area contributed by atoms with Crippen LogP contribution in [-0.4, -0.2) is 87.7 Å². The molecule has 5 nitrogen and oxygen atoms in total. The molecule has 0 aromatic heterocycles. The van der Waals surface area contributed by atoms with Crippen molar-refractivity contribution in [2.45, 2.75) is 12.8 Å². The van der Waals surface area contributed by atoms with Gasteiger partial charge < -0.3 is 19.5 Å². The summed E-state index contributed by atoms with van der Waals surface area (Å²) >= 11 is 0. The maximum Gasteiger partial charge on any atom is 0.0700 e. The molecule has 0 amide bonds. The molecule has 0 unspecified atom stereocenters. The normalized spacial score (nSPS) is 19.0. The van der Waals surface area contributed by atoms with Crippen LogP contribution in [0.15, 0.2) is 0 Å². The lowest BCUT2D eigenvalue weighted by Crippen LogP contribution is -2.33. The van der Waals surface area contributed by atoms with E-state index in [0.717, 1.165) is 45.8 Å². The molecule has 0 bridgehead atoms. The Hall–Kier alpha value is -0.200. The first-order valence-electron chi connectivity index (χ1n) is 6.99. The third-order valence-corrected chi connectivity index (χ3v) is 3.29. The van der Waals surface area contributed by atoms with Gasteiger partial charge in [0, 0.05) is 39.9 Å². The second-order valence-electron chi connectivity index (χ2n) is 4.72. The Morgan fingerprint density at radius 2 is 1.67 bits per heavy atom. The molecule has 0 saturated carbocycles. The van der Waals surface area contributed by atoms with Crippen molar-refractivity contribution < 1.29 is 14.6 Å². The third-order valence-electron chi connectivity index (χ3n) is 3.29. The summed E-state index contributed by atoms with van der Waals surface area (Å²) in [6.07, 6.45) is 2.29. The average Bonchev–Trinajstić information content (AvgIpc) is 2.60. The third kappa shape index (κ3) is 7.28. The lowest BCUT2D eigenvalue weighted by molar-refractivity contribution is 0.0653. The zero-order chi connectivity index (χ0) is 13.1. The van der Waals surface area contributed by atoms with E-state index in [9.17, 15) is 0 Å². The van der Waals surface area contributed by atoms with Gasteiger partial charge in [0.15, 0.2) is 0 Å². The maximum absolute atomic E-state index is 8.94. The number of hydrogen-bond acceptors (Lipinski definition) is 5. The Balaban J connectivity index is 2.01. The van der Waals surface area contributed by atoms with E-state index in [1.165, 1.54) is 13.0 Å². The van der Waals surface area contributed by atoms with Gasteiger partial charge in [0.1, 0.15) is 0 Å². The van der Waals surface area contributed by atoms with E-state index >= 15 is 0 Å². The van der Waals surface area contributed by atoms with Crippen molar-refractivity contribution in [3.8, 4) is 0 Å². The highest BCUT2D eigenvalue weighted by Crippen LogP contribution is 2.03. The van der Waals surface area contributed by atoms with Crippen LogP contribution in [0.1, 0.15) is 12.8 Å². The summed E-state index contributed by atoms with van der Waals surface area (Å²) in [5.74, 6) is 0. The van der Waals surface area contributed by atoms with Crippen molar-refractivity contribution in [3.63, 3.8) is 0 Å². The summed E-state index contributed by atoms with van der Waals surface area (Å²) in [5, 5.41) is 8.94. The molecular weight excluding hydrogens is 232 g/mol. The standard InChI is InChI=1S/C13H28N2O3/c1-17-12-13-18-11-3-6-14-4-2-5-15(8-7-14)9-10-16/h16H,2-13H2,1H3. The van der Waals surface area contributed by atoms with Gasteiger partial charge in [-0.3, -0.25) is 4.90 Å². The minimum absolute atomic E-state index is 0.271. The fourth-order valence-corrected chi connectivity index (χ4v) is 2.25. The lowest BCUT2D eigenvalue weighted by Gasteiger charge is -2.21. The molecule has 0 spiro atoms. The lowest BCUT2D eigenvalue weighted by atomic mass is 10.3. The second-order valence-corrected chi connectivity index (χ2v) is 4.72. The van der Waals surface area contributed by atoms with Crippen LogP contribution < -0.4 is 0 Å². The Bertz CT molecular complexity index is 193. The Labute approximate surface area is 111 Å². The van der Waals surface area contributed by atoms with Crippen molar-refractivity contribution >= 4 is 0 Å². The highest BCUT2D eigenvalue weighted by Gasteiger charge is 2.13. The summed E-state index contributed by atoms with van der Waals surface area (Å²) in [6.45, 7) is 8.85. The van der Waals surface area contributed by atoms with Crippen LogP contribution in [0.2, 0.25) is 0 Å².